The van der Waals surface area contributed by atoms with Gasteiger partial charge >= 0.3 is 0 Å². The van der Waals surface area contributed by atoms with E-state index >= 15 is 0 Å². The van der Waals surface area contributed by atoms with Crippen molar-refractivity contribution in [1.82, 2.24) is 20.4 Å². The summed E-state index contributed by atoms with van der Waals surface area (Å²) in [4.78, 5) is 22.3. The van der Waals surface area contributed by atoms with Gasteiger partial charge in [-0.15, -0.1) is 24.0 Å². The van der Waals surface area contributed by atoms with Crippen molar-refractivity contribution >= 4 is 35.8 Å². The molecule has 32 heavy (non-hydrogen) atoms. The number of rotatable bonds is 7. The molecule has 0 spiro atoms. The van der Waals surface area contributed by atoms with Crippen molar-refractivity contribution in [2.24, 2.45) is 10.9 Å². The Morgan fingerprint density at radius 1 is 1.16 bits per heavy atom. The highest BCUT2D eigenvalue weighted by molar-refractivity contribution is 14.0. The van der Waals surface area contributed by atoms with E-state index in [0.29, 0.717) is 12.5 Å². The van der Waals surface area contributed by atoms with Crippen LogP contribution >= 0.6 is 24.0 Å². The highest BCUT2D eigenvalue weighted by Gasteiger charge is 2.32. The number of carbonyl (C=O) groups is 1. The lowest BCUT2D eigenvalue weighted by Gasteiger charge is -2.32. The zero-order valence-corrected chi connectivity index (χ0v) is 21.8. The van der Waals surface area contributed by atoms with E-state index in [4.69, 9.17) is 9.41 Å². The quantitative estimate of drug-likeness (QED) is 0.304. The normalized spacial score (nSPS) is 23.7. The van der Waals surface area contributed by atoms with Gasteiger partial charge in [0.2, 0.25) is 5.91 Å². The molecule has 1 amide bonds. The first kappa shape index (κ1) is 25.3. The van der Waals surface area contributed by atoms with Crippen LogP contribution in [0.25, 0.3) is 0 Å². The molecule has 2 unspecified atom stereocenters. The molecule has 2 aliphatic heterocycles. The van der Waals surface area contributed by atoms with Gasteiger partial charge in [-0.3, -0.25) is 14.7 Å². The lowest BCUT2D eigenvalue weighted by atomic mass is 10.1. The Kier molecular flexibility index (Phi) is 10.1. The SMILES string of the molecule is CCNC(=NCC(c1ccco1)N1CCCCC1)NC1CCN(C(=O)C2CCCC2)C1.I. The lowest BCUT2D eigenvalue weighted by Crippen LogP contribution is -2.46. The number of hydrogen-bond acceptors (Lipinski definition) is 4. The fraction of sp³-hybridized carbons (Fsp3) is 0.750. The Hall–Kier alpha value is -1.29. The first-order chi connectivity index (χ1) is 15.2. The van der Waals surface area contributed by atoms with Gasteiger partial charge in [-0.05, 0) is 64.3 Å². The number of nitrogens with zero attached hydrogens (tertiary/aromatic N) is 3. The van der Waals surface area contributed by atoms with E-state index in [1.807, 2.05) is 6.07 Å². The van der Waals surface area contributed by atoms with Crippen LogP contribution in [-0.2, 0) is 4.79 Å². The third-order valence-corrected chi connectivity index (χ3v) is 7.01. The van der Waals surface area contributed by atoms with Crippen LogP contribution in [0.15, 0.2) is 27.8 Å². The molecule has 0 aromatic carbocycles. The van der Waals surface area contributed by atoms with Crippen molar-refractivity contribution in [3.8, 4) is 0 Å². The average Bonchev–Trinajstić information content (AvgIpc) is 3.57. The van der Waals surface area contributed by atoms with Crippen molar-refractivity contribution in [1.29, 1.82) is 0 Å². The number of amides is 1. The zero-order valence-electron chi connectivity index (χ0n) is 19.4. The van der Waals surface area contributed by atoms with Crippen LogP contribution in [0.5, 0.6) is 0 Å². The maximum Gasteiger partial charge on any atom is 0.225 e. The van der Waals surface area contributed by atoms with E-state index in [-0.39, 0.29) is 42.0 Å². The minimum absolute atomic E-state index is 0. The molecule has 2 saturated heterocycles. The standard InChI is InChI=1S/C24H39N5O2.HI/c1-2-25-24(27-20-12-15-29(18-20)23(30)19-9-4-5-10-19)26-17-21(22-11-8-16-31-22)28-13-6-3-7-14-28;/h8,11,16,19-21H,2-7,9-10,12-15,17-18H2,1H3,(H2,25,26,27);1H. The predicted molar refractivity (Wildman–Crippen MR) is 138 cm³/mol. The molecule has 180 valence electrons. The summed E-state index contributed by atoms with van der Waals surface area (Å²) in [5.74, 6) is 2.47. The molecule has 1 aromatic rings. The molecule has 4 rings (SSSR count). The van der Waals surface area contributed by atoms with Crippen LogP contribution in [0.1, 0.15) is 70.1 Å². The van der Waals surface area contributed by atoms with E-state index < -0.39 is 0 Å². The van der Waals surface area contributed by atoms with E-state index in [9.17, 15) is 4.79 Å². The number of piperidine rings is 1. The first-order valence-corrected chi connectivity index (χ1v) is 12.4. The molecule has 0 radical (unpaired) electrons. The van der Waals surface area contributed by atoms with Crippen LogP contribution in [-0.4, -0.2) is 67.0 Å². The fourth-order valence-corrected chi connectivity index (χ4v) is 5.30. The predicted octanol–water partition coefficient (Wildman–Crippen LogP) is 3.77. The number of furan rings is 1. The molecule has 7 nitrogen and oxygen atoms in total. The molecule has 2 N–H and O–H groups in total. The molecule has 0 bridgehead atoms. The average molecular weight is 558 g/mol. The van der Waals surface area contributed by atoms with Crippen LogP contribution < -0.4 is 10.6 Å². The Morgan fingerprint density at radius 3 is 2.62 bits per heavy atom. The molecule has 1 aliphatic carbocycles. The molecule has 1 saturated carbocycles. The van der Waals surface area contributed by atoms with Gasteiger partial charge in [0.25, 0.3) is 0 Å². The molecule has 3 aliphatic rings. The monoisotopic (exact) mass is 557 g/mol. The van der Waals surface area contributed by atoms with Crippen LogP contribution in [0, 0.1) is 5.92 Å². The van der Waals surface area contributed by atoms with Crippen LogP contribution in [0.3, 0.4) is 0 Å². The maximum absolute atomic E-state index is 12.8. The molecule has 3 heterocycles. The highest BCUT2D eigenvalue weighted by atomic mass is 127. The van der Waals surface area contributed by atoms with Gasteiger partial charge in [-0.2, -0.15) is 0 Å². The summed E-state index contributed by atoms with van der Waals surface area (Å²) in [5.41, 5.74) is 0. The number of carbonyl (C=O) groups excluding carboxylic acids is 1. The van der Waals surface area contributed by atoms with Crippen molar-refractivity contribution in [2.45, 2.75) is 70.4 Å². The maximum atomic E-state index is 12.8. The topological polar surface area (TPSA) is 73.1 Å². The number of nitrogens with one attached hydrogen (secondary N) is 2. The molecular weight excluding hydrogens is 517 g/mol. The lowest BCUT2D eigenvalue weighted by molar-refractivity contribution is -0.134. The summed E-state index contributed by atoms with van der Waals surface area (Å²) in [6.07, 6.45) is 11.1. The van der Waals surface area contributed by atoms with E-state index in [0.717, 1.165) is 63.7 Å². The third-order valence-electron chi connectivity index (χ3n) is 7.01. The summed E-state index contributed by atoms with van der Waals surface area (Å²) in [7, 11) is 0. The van der Waals surface area contributed by atoms with Gasteiger partial charge in [0.15, 0.2) is 5.96 Å². The second kappa shape index (κ2) is 12.8. The van der Waals surface area contributed by atoms with Crippen molar-refractivity contribution in [2.75, 3.05) is 39.3 Å². The fourth-order valence-electron chi connectivity index (χ4n) is 5.30. The number of guanidine groups is 1. The Bertz CT molecular complexity index is 714. The molecule has 2 atom stereocenters. The van der Waals surface area contributed by atoms with Gasteiger partial charge in [0.1, 0.15) is 5.76 Å². The van der Waals surface area contributed by atoms with Gasteiger partial charge in [-0.1, -0.05) is 19.3 Å². The zero-order chi connectivity index (χ0) is 21.5. The van der Waals surface area contributed by atoms with E-state index in [2.05, 4.69) is 33.4 Å². The second-order valence-electron chi connectivity index (χ2n) is 9.24. The Morgan fingerprint density at radius 2 is 1.94 bits per heavy atom. The molecule has 3 fully saturated rings. The molecule has 1 aromatic heterocycles. The van der Waals surface area contributed by atoms with Gasteiger partial charge in [-0.25, -0.2) is 0 Å². The highest BCUT2D eigenvalue weighted by Crippen LogP contribution is 2.28. The molecule has 8 heteroatoms. The van der Waals surface area contributed by atoms with Crippen LogP contribution in [0.4, 0.5) is 0 Å². The number of halogens is 1. The van der Waals surface area contributed by atoms with Crippen molar-refractivity contribution < 1.29 is 9.21 Å². The van der Waals surface area contributed by atoms with Gasteiger partial charge in [0.05, 0.1) is 18.8 Å². The minimum atomic E-state index is 0. The van der Waals surface area contributed by atoms with Gasteiger partial charge < -0.3 is 20.0 Å². The Balaban J connectivity index is 0.00000289. The van der Waals surface area contributed by atoms with Crippen LogP contribution in [0.2, 0.25) is 0 Å². The van der Waals surface area contributed by atoms with E-state index in [1.165, 1.54) is 32.1 Å². The second-order valence-corrected chi connectivity index (χ2v) is 9.24. The van der Waals surface area contributed by atoms with Gasteiger partial charge in [0, 0.05) is 31.6 Å². The first-order valence-electron chi connectivity index (χ1n) is 12.4. The summed E-state index contributed by atoms with van der Waals surface area (Å²) in [5, 5.41) is 6.99. The largest absolute Gasteiger partial charge is 0.468 e. The third kappa shape index (κ3) is 6.62. The summed E-state index contributed by atoms with van der Waals surface area (Å²) >= 11 is 0. The summed E-state index contributed by atoms with van der Waals surface area (Å²) in [6.45, 7) is 7.43. The minimum Gasteiger partial charge on any atom is -0.468 e. The summed E-state index contributed by atoms with van der Waals surface area (Å²) < 4.78 is 5.77. The summed E-state index contributed by atoms with van der Waals surface area (Å²) in [6, 6.07) is 4.47. The van der Waals surface area contributed by atoms with E-state index in [1.54, 1.807) is 6.26 Å². The van der Waals surface area contributed by atoms with Crippen molar-refractivity contribution in [3.63, 3.8) is 0 Å². The number of hydrogen-bond donors (Lipinski definition) is 2. The number of likely N-dealkylation sites (tertiary alicyclic amines) is 2. The Labute approximate surface area is 209 Å². The molecular formula is C24H40IN5O2. The smallest absolute Gasteiger partial charge is 0.225 e. The van der Waals surface area contributed by atoms with Crippen molar-refractivity contribution in [3.05, 3.63) is 24.2 Å². The number of aliphatic imine (C=N–C) groups is 1.